The van der Waals surface area contributed by atoms with E-state index in [1.165, 1.54) is 16.8 Å². The largest absolute Gasteiger partial charge is 0.322 e. The molecule has 0 spiro atoms. The summed E-state index contributed by atoms with van der Waals surface area (Å²) in [5, 5.41) is 1.52. The van der Waals surface area contributed by atoms with Crippen LogP contribution in [0.1, 0.15) is 18.8 Å². The van der Waals surface area contributed by atoms with Crippen molar-refractivity contribution in [1.82, 2.24) is 9.66 Å². The van der Waals surface area contributed by atoms with Crippen LogP contribution in [0, 0.1) is 5.82 Å². The standard InChI is InChI=1S/C12H15FN4O/c1-7(14)11-15-9-6-4-5-8(13)10(9)12(18)17(11)16(2)3/h4-7H,14H2,1-3H3/t7-/m0/s1. The number of nitrogens with two attached hydrogens (primary N) is 1. The molecule has 0 radical (unpaired) electrons. The molecule has 2 rings (SSSR count). The molecular weight excluding hydrogens is 235 g/mol. The molecule has 96 valence electrons. The third-order valence-corrected chi connectivity index (χ3v) is 2.66. The van der Waals surface area contributed by atoms with Crippen LogP contribution in [-0.2, 0) is 0 Å². The Morgan fingerprint density at radius 2 is 2.11 bits per heavy atom. The van der Waals surface area contributed by atoms with Crippen LogP contribution in [0.5, 0.6) is 0 Å². The van der Waals surface area contributed by atoms with E-state index in [4.69, 9.17) is 5.73 Å². The van der Waals surface area contributed by atoms with Crippen molar-refractivity contribution in [3.8, 4) is 0 Å². The number of fused-ring (bicyclic) bond motifs is 1. The Morgan fingerprint density at radius 3 is 2.67 bits per heavy atom. The van der Waals surface area contributed by atoms with Gasteiger partial charge in [-0.15, -0.1) is 0 Å². The summed E-state index contributed by atoms with van der Waals surface area (Å²) in [6.45, 7) is 1.73. The zero-order chi connectivity index (χ0) is 13.4. The van der Waals surface area contributed by atoms with Gasteiger partial charge in [-0.3, -0.25) is 4.79 Å². The smallest absolute Gasteiger partial charge is 0.283 e. The van der Waals surface area contributed by atoms with Gasteiger partial charge >= 0.3 is 0 Å². The van der Waals surface area contributed by atoms with Crippen LogP contribution in [0.4, 0.5) is 4.39 Å². The highest BCUT2D eigenvalue weighted by Crippen LogP contribution is 2.14. The molecule has 0 amide bonds. The molecule has 0 saturated heterocycles. The van der Waals surface area contributed by atoms with Gasteiger partial charge in [0.25, 0.3) is 5.56 Å². The molecule has 18 heavy (non-hydrogen) atoms. The molecule has 2 aromatic rings. The van der Waals surface area contributed by atoms with Gasteiger partial charge < -0.3 is 10.7 Å². The van der Waals surface area contributed by atoms with Crippen LogP contribution in [-0.4, -0.2) is 23.8 Å². The lowest BCUT2D eigenvalue weighted by Gasteiger charge is -2.22. The lowest BCUT2D eigenvalue weighted by atomic mass is 10.2. The van der Waals surface area contributed by atoms with E-state index in [2.05, 4.69) is 4.98 Å². The van der Waals surface area contributed by atoms with Gasteiger partial charge in [0.2, 0.25) is 0 Å². The molecule has 0 aliphatic heterocycles. The van der Waals surface area contributed by atoms with Crippen molar-refractivity contribution in [1.29, 1.82) is 0 Å². The minimum atomic E-state index is -0.572. The SMILES string of the molecule is C[C@H](N)c1nc2cccc(F)c2c(=O)n1N(C)C. The fourth-order valence-electron chi connectivity index (χ4n) is 1.88. The third-order valence-electron chi connectivity index (χ3n) is 2.66. The molecule has 0 aliphatic carbocycles. The highest BCUT2D eigenvalue weighted by Gasteiger charge is 2.17. The third kappa shape index (κ3) is 1.84. The number of aromatic nitrogens is 2. The summed E-state index contributed by atoms with van der Waals surface area (Å²) in [6.07, 6.45) is 0. The second kappa shape index (κ2) is 4.38. The summed E-state index contributed by atoms with van der Waals surface area (Å²) < 4.78 is 15.0. The van der Waals surface area contributed by atoms with Gasteiger partial charge in [-0.2, -0.15) is 0 Å². The van der Waals surface area contributed by atoms with Crippen LogP contribution in [0.25, 0.3) is 10.9 Å². The van der Waals surface area contributed by atoms with Gasteiger partial charge in [-0.1, -0.05) is 6.07 Å². The average Bonchev–Trinajstić information content (AvgIpc) is 2.27. The van der Waals surface area contributed by atoms with Gasteiger partial charge in [0.15, 0.2) is 0 Å². The van der Waals surface area contributed by atoms with Crippen molar-refractivity contribution >= 4 is 10.9 Å². The zero-order valence-electron chi connectivity index (χ0n) is 10.5. The lowest BCUT2D eigenvalue weighted by Crippen LogP contribution is -2.41. The summed E-state index contributed by atoms with van der Waals surface area (Å²) in [6, 6.07) is 3.95. The molecule has 0 unspecified atom stereocenters. The van der Waals surface area contributed by atoms with Crippen molar-refractivity contribution in [2.75, 3.05) is 19.1 Å². The maximum absolute atomic E-state index is 13.7. The lowest BCUT2D eigenvalue weighted by molar-refractivity contribution is 0.586. The topological polar surface area (TPSA) is 64.1 Å². The number of rotatable bonds is 2. The Bertz CT molecular complexity index is 648. The molecule has 0 bridgehead atoms. The molecular formula is C12H15FN4O. The van der Waals surface area contributed by atoms with Crippen LogP contribution < -0.4 is 16.3 Å². The highest BCUT2D eigenvalue weighted by atomic mass is 19.1. The van der Waals surface area contributed by atoms with Crippen LogP contribution in [0.2, 0.25) is 0 Å². The van der Waals surface area contributed by atoms with Gasteiger partial charge in [0, 0.05) is 14.1 Å². The maximum Gasteiger partial charge on any atom is 0.283 e. The summed E-state index contributed by atoms with van der Waals surface area (Å²) in [5.74, 6) is -0.167. The van der Waals surface area contributed by atoms with E-state index in [9.17, 15) is 9.18 Å². The first-order chi connectivity index (χ1) is 8.43. The highest BCUT2D eigenvalue weighted by molar-refractivity contribution is 5.78. The predicted molar refractivity (Wildman–Crippen MR) is 68.6 cm³/mol. The Kier molecular flexibility index (Phi) is 3.04. The molecule has 1 aromatic carbocycles. The van der Waals surface area contributed by atoms with Gasteiger partial charge in [-0.05, 0) is 19.1 Å². The van der Waals surface area contributed by atoms with Crippen molar-refractivity contribution in [3.63, 3.8) is 0 Å². The van der Waals surface area contributed by atoms with Crippen LogP contribution in [0.15, 0.2) is 23.0 Å². The monoisotopic (exact) mass is 250 g/mol. The second-order valence-electron chi connectivity index (χ2n) is 4.36. The van der Waals surface area contributed by atoms with Gasteiger partial charge in [-0.25, -0.2) is 14.1 Å². The molecule has 6 heteroatoms. The fraction of sp³-hybridized carbons (Fsp3) is 0.333. The second-order valence-corrected chi connectivity index (χ2v) is 4.36. The molecule has 0 aliphatic rings. The van der Waals surface area contributed by atoms with Crippen molar-refractivity contribution in [2.24, 2.45) is 5.73 Å². The summed E-state index contributed by atoms with van der Waals surface area (Å²) in [4.78, 5) is 16.6. The zero-order valence-corrected chi connectivity index (χ0v) is 10.5. The molecule has 0 saturated carbocycles. The van der Waals surface area contributed by atoms with Crippen molar-refractivity contribution in [3.05, 3.63) is 40.2 Å². The number of halogens is 1. The van der Waals surface area contributed by atoms with Crippen LogP contribution >= 0.6 is 0 Å². The van der Waals surface area contributed by atoms with Crippen molar-refractivity contribution in [2.45, 2.75) is 13.0 Å². The summed E-state index contributed by atoms with van der Waals surface area (Å²) in [5.41, 5.74) is 5.68. The Labute approximate surface area is 104 Å². The first-order valence-corrected chi connectivity index (χ1v) is 5.58. The van der Waals surface area contributed by atoms with E-state index in [1.54, 1.807) is 32.1 Å². The Morgan fingerprint density at radius 1 is 1.44 bits per heavy atom. The molecule has 5 nitrogen and oxygen atoms in total. The molecule has 1 aromatic heterocycles. The molecule has 1 heterocycles. The maximum atomic E-state index is 13.7. The first-order valence-electron chi connectivity index (χ1n) is 5.58. The van der Waals surface area contributed by atoms with Gasteiger partial charge in [0.05, 0.1) is 11.6 Å². The minimum Gasteiger partial charge on any atom is -0.322 e. The number of hydrogen-bond donors (Lipinski definition) is 1. The summed E-state index contributed by atoms with van der Waals surface area (Å²) >= 11 is 0. The molecule has 0 fully saturated rings. The number of nitrogens with zero attached hydrogens (tertiary/aromatic N) is 3. The quantitative estimate of drug-likeness (QED) is 0.854. The summed E-state index contributed by atoms with van der Waals surface area (Å²) in [7, 11) is 3.36. The van der Waals surface area contributed by atoms with E-state index in [1.807, 2.05) is 0 Å². The van der Waals surface area contributed by atoms with Gasteiger partial charge in [0.1, 0.15) is 17.0 Å². The van der Waals surface area contributed by atoms with E-state index in [0.717, 1.165) is 0 Å². The van der Waals surface area contributed by atoms with E-state index >= 15 is 0 Å². The van der Waals surface area contributed by atoms with Crippen LogP contribution in [0.3, 0.4) is 0 Å². The Hall–Kier alpha value is -1.95. The fourth-order valence-corrected chi connectivity index (χ4v) is 1.88. The number of hydrogen-bond acceptors (Lipinski definition) is 4. The normalized spacial score (nSPS) is 12.7. The average molecular weight is 250 g/mol. The first kappa shape index (κ1) is 12.5. The molecule has 2 N–H and O–H groups in total. The van der Waals surface area contributed by atoms with E-state index < -0.39 is 17.4 Å². The van der Waals surface area contributed by atoms with E-state index in [0.29, 0.717) is 11.3 Å². The Balaban J connectivity index is 2.96. The van der Waals surface area contributed by atoms with E-state index in [-0.39, 0.29) is 5.39 Å². The minimum absolute atomic E-state index is 0.0180. The number of benzene rings is 1. The molecule has 1 atom stereocenters. The predicted octanol–water partition coefficient (Wildman–Crippen LogP) is 0.753. The van der Waals surface area contributed by atoms with Crippen molar-refractivity contribution < 1.29 is 4.39 Å².